The summed E-state index contributed by atoms with van der Waals surface area (Å²) < 4.78 is 5.37. The molecule has 19 heavy (non-hydrogen) atoms. The van der Waals surface area contributed by atoms with Gasteiger partial charge in [-0.25, -0.2) is 4.98 Å². The Balaban J connectivity index is 2.78. The van der Waals surface area contributed by atoms with Gasteiger partial charge in [0.1, 0.15) is 6.54 Å². The molecule has 0 fully saturated rings. The van der Waals surface area contributed by atoms with Crippen molar-refractivity contribution >= 4 is 11.9 Å². The number of pyridine rings is 1. The van der Waals surface area contributed by atoms with Crippen molar-refractivity contribution in [3.8, 4) is 5.88 Å². The van der Waals surface area contributed by atoms with Crippen LogP contribution in [0.25, 0.3) is 0 Å². The number of likely N-dealkylation sites (N-methyl/N-ethyl adjacent to an activating group) is 1. The van der Waals surface area contributed by atoms with Gasteiger partial charge < -0.3 is 14.7 Å². The number of carboxylic acids is 1. The number of aromatic nitrogens is 1. The van der Waals surface area contributed by atoms with E-state index in [4.69, 9.17) is 9.84 Å². The van der Waals surface area contributed by atoms with Gasteiger partial charge in [0.05, 0.1) is 11.7 Å². The van der Waals surface area contributed by atoms with E-state index in [1.807, 2.05) is 13.8 Å². The molecule has 0 aliphatic heterocycles. The molecule has 1 rings (SSSR count). The molecule has 0 unspecified atom stereocenters. The molecule has 1 heterocycles. The maximum Gasteiger partial charge on any atom is 0.323 e. The third-order valence-electron chi connectivity index (χ3n) is 2.33. The van der Waals surface area contributed by atoms with Crippen LogP contribution in [-0.4, -0.2) is 46.1 Å². The Hall–Kier alpha value is -2.11. The Kier molecular flexibility index (Phi) is 5.29. The fraction of sp³-hybridized carbons (Fsp3) is 0.462. The van der Waals surface area contributed by atoms with Crippen LogP contribution >= 0.6 is 0 Å². The molecule has 0 saturated heterocycles. The topological polar surface area (TPSA) is 79.7 Å². The number of carbonyl (C=O) groups is 2. The molecule has 6 nitrogen and oxygen atoms in total. The lowest BCUT2D eigenvalue weighted by molar-refractivity contribution is -0.137. The van der Waals surface area contributed by atoms with Crippen LogP contribution in [-0.2, 0) is 4.79 Å². The maximum atomic E-state index is 12.0. The number of rotatable bonds is 6. The second kappa shape index (κ2) is 6.72. The number of hydrogen-bond donors (Lipinski definition) is 1. The minimum absolute atomic E-state index is 0.00759. The fourth-order valence-electron chi connectivity index (χ4n) is 1.49. The van der Waals surface area contributed by atoms with E-state index >= 15 is 0 Å². The molecule has 0 saturated carbocycles. The summed E-state index contributed by atoms with van der Waals surface area (Å²) in [6.07, 6.45) is 1.40. The van der Waals surface area contributed by atoms with Crippen LogP contribution < -0.4 is 4.74 Å². The number of carbonyl (C=O) groups excluding carboxylic acids is 1. The molecular weight excluding hydrogens is 248 g/mol. The van der Waals surface area contributed by atoms with Gasteiger partial charge in [0.15, 0.2) is 0 Å². The summed E-state index contributed by atoms with van der Waals surface area (Å²) in [6, 6.07) is 3.18. The molecule has 0 bridgehead atoms. The highest BCUT2D eigenvalue weighted by Crippen LogP contribution is 2.11. The second-order valence-corrected chi connectivity index (χ2v) is 4.26. The Labute approximate surface area is 112 Å². The SMILES string of the molecule is CCN(CC(=O)O)C(=O)c1ccc(OC(C)C)nc1. The summed E-state index contributed by atoms with van der Waals surface area (Å²) in [7, 11) is 0. The highest BCUT2D eigenvalue weighted by molar-refractivity contribution is 5.95. The zero-order chi connectivity index (χ0) is 14.4. The van der Waals surface area contributed by atoms with Crippen molar-refractivity contribution in [2.75, 3.05) is 13.1 Å². The molecule has 0 radical (unpaired) electrons. The number of nitrogens with zero attached hydrogens (tertiary/aromatic N) is 2. The van der Waals surface area contributed by atoms with Gasteiger partial charge in [-0.1, -0.05) is 0 Å². The standard InChI is InChI=1S/C13H18N2O4/c1-4-15(8-12(16)17)13(18)10-5-6-11(14-7-10)19-9(2)3/h5-7,9H,4,8H2,1-3H3,(H,16,17). The summed E-state index contributed by atoms with van der Waals surface area (Å²) in [4.78, 5) is 27.9. The molecule has 0 aromatic carbocycles. The molecule has 1 N–H and O–H groups in total. The van der Waals surface area contributed by atoms with Gasteiger partial charge in [0.25, 0.3) is 5.91 Å². The van der Waals surface area contributed by atoms with Crippen molar-refractivity contribution in [3.63, 3.8) is 0 Å². The van der Waals surface area contributed by atoms with E-state index in [2.05, 4.69) is 4.98 Å². The number of hydrogen-bond acceptors (Lipinski definition) is 4. The van der Waals surface area contributed by atoms with Gasteiger partial charge in [-0.05, 0) is 26.8 Å². The zero-order valence-electron chi connectivity index (χ0n) is 11.3. The zero-order valence-corrected chi connectivity index (χ0v) is 11.3. The van der Waals surface area contributed by atoms with Crippen LogP contribution in [0.15, 0.2) is 18.3 Å². The van der Waals surface area contributed by atoms with Gasteiger partial charge in [-0.3, -0.25) is 9.59 Å². The second-order valence-electron chi connectivity index (χ2n) is 4.26. The molecular formula is C13H18N2O4. The predicted octanol–water partition coefficient (Wildman–Crippen LogP) is 1.42. The van der Waals surface area contributed by atoms with Crippen molar-refractivity contribution in [1.29, 1.82) is 0 Å². The van der Waals surface area contributed by atoms with Crippen molar-refractivity contribution in [2.45, 2.75) is 26.9 Å². The van der Waals surface area contributed by atoms with E-state index in [0.29, 0.717) is 18.0 Å². The van der Waals surface area contributed by atoms with Crippen LogP contribution in [0.4, 0.5) is 0 Å². The van der Waals surface area contributed by atoms with Gasteiger partial charge in [-0.15, -0.1) is 0 Å². The predicted molar refractivity (Wildman–Crippen MR) is 69.2 cm³/mol. The van der Waals surface area contributed by atoms with E-state index < -0.39 is 5.97 Å². The van der Waals surface area contributed by atoms with Crippen molar-refractivity contribution in [3.05, 3.63) is 23.9 Å². The van der Waals surface area contributed by atoms with Crippen LogP contribution in [0.2, 0.25) is 0 Å². The summed E-state index contributed by atoms with van der Waals surface area (Å²) in [6.45, 7) is 5.50. The third kappa shape index (κ3) is 4.57. The van der Waals surface area contributed by atoms with Crippen molar-refractivity contribution in [1.82, 2.24) is 9.88 Å². The van der Waals surface area contributed by atoms with Crippen LogP contribution in [0.1, 0.15) is 31.1 Å². The number of ether oxygens (including phenoxy) is 1. The fourth-order valence-corrected chi connectivity index (χ4v) is 1.49. The van der Waals surface area contributed by atoms with E-state index in [1.165, 1.54) is 11.1 Å². The molecule has 104 valence electrons. The Bertz CT molecular complexity index is 442. The molecule has 1 amide bonds. The van der Waals surface area contributed by atoms with Crippen molar-refractivity contribution < 1.29 is 19.4 Å². The molecule has 1 aromatic rings. The third-order valence-corrected chi connectivity index (χ3v) is 2.33. The minimum atomic E-state index is -1.04. The molecule has 0 aliphatic rings. The Morgan fingerprint density at radius 2 is 2.11 bits per heavy atom. The van der Waals surface area contributed by atoms with Crippen molar-refractivity contribution in [2.24, 2.45) is 0 Å². The van der Waals surface area contributed by atoms with Crippen LogP contribution in [0, 0.1) is 0 Å². The lowest BCUT2D eigenvalue weighted by Gasteiger charge is -2.18. The first kappa shape index (κ1) is 14.9. The Morgan fingerprint density at radius 3 is 2.53 bits per heavy atom. The summed E-state index contributed by atoms with van der Waals surface area (Å²) in [5, 5.41) is 8.72. The number of amides is 1. The van der Waals surface area contributed by atoms with Crippen LogP contribution in [0.3, 0.4) is 0 Å². The van der Waals surface area contributed by atoms with Gasteiger partial charge in [0.2, 0.25) is 5.88 Å². The van der Waals surface area contributed by atoms with E-state index in [9.17, 15) is 9.59 Å². The van der Waals surface area contributed by atoms with E-state index in [-0.39, 0.29) is 18.6 Å². The highest BCUT2D eigenvalue weighted by atomic mass is 16.5. The molecule has 1 aromatic heterocycles. The van der Waals surface area contributed by atoms with Crippen LogP contribution in [0.5, 0.6) is 5.88 Å². The molecule has 6 heteroatoms. The first-order valence-corrected chi connectivity index (χ1v) is 6.07. The summed E-state index contributed by atoms with van der Waals surface area (Å²) in [5.41, 5.74) is 0.346. The lowest BCUT2D eigenvalue weighted by Crippen LogP contribution is -2.35. The number of carboxylic acid groups (broad SMARTS) is 1. The molecule has 0 atom stereocenters. The van der Waals surface area contributed by atoms with E-state index in [0.717, 1.165) is 0 Å². The normalized spacial score (nSPS) is 10.3. The van der Waals surface area contributed by atoms with Gasteiger partial charge in [-0.2, -0.15) is 0 Å². The lowest BCUT2D eigenvalue weighted by atomic mass is 10.2. The Morgan fingerprint density at radius 1 is 1.42 bits per heavy atom. The maximum absolute atomic E-state index is 12.0. The molecule has 0 aliphatic carbocycles. The quantitative estimate of drug-likeness (QED) is 0.842. The first-order chi connectivity index (χ1) is 8.93. The van der Waals surface area contributed by atoms with Gasteiger partial charge in [0, 0.05) is 18.8 Å². The van der Waals surface area contributed by atoms with Gasteiger partial charge >= 0.3 is 5.97 Å². The summed E-state index contributed by atoms with van der Waals surface area (Å²) in [5.74, 6) is -0.954. The monoisotopic (exact) mass is 266 g/mol. The minimum Gasteiger partial charge on any atom is -0.480 e. The summed E-state index contributed by atoms with van der Waals surface area (Å²) >= 11 is 0. The number of aliphatic carboxylic acids is 1. The largest absolute Gasteiger partial charge is 0.480 e. The highest BCUT2D eigenvalue weighted by Gasteiger charge is 2.17. The first-order valence-electron chi connectivity index (χ1n) is 6.07. The molecule has 0 spiro atoms. The average Bonchev–Trinajstić information content (AvgIpc) is 2.35. The van der Waals surface area contributed by atoms with E-state index in [1.54, 1.807) is 19.1 Å². The smallest absolute Gasteiger partial charge is 0.323 e. The average molecular weight is 266 g/mol.